The van der Waals surface area contributed by atoms with E-state index in [9.17, 15) is 52.0 Å². The van der Waals surface area contributed by atoms with Crippen LogP contribution in [-0.2, 0) is 20.0 Å². The van der Waals surface area contributed by atoms with Crippen molar-refractivity contribution in [2.45, 2.75) is 23.4 Å². The van der Waals surface area contributed by atoms with Gasteiger partial charge in [0, 0.05) is 0 Å². The summed E-state index contributed by atoms with van der Waals surface area (Å²) in [7, 11) is -13.3. The summed E-state index contributed by atoms with van der Waals surface area (Å²) in [6.45, 7) is 0. The van der Waals surface area contributed by atoms with Crippen molar-refractivity contribution in [3.8, 4) is 0 Å². The van der Waals surface area contributed by atoms with Crippen molar-refractivity contribution in [1.82, 2.24) is 4.13 Å². The minimum atomic E-state index is -7.05. The van der Waals surface area contributed by atoms with Crippen LogP contribution in [0.5, 0.6) is 0 Å². The highest BCUT2D eigenvalue weighted by atomic mass is 32.3. The fourth-order valence-corrected chi connectivity index (χ4v) is 2.93. The molecular weight excluding hydrogens is 342 g/mol. The van der Waals surface area contributed by atoms with Crippen LogP contribution in [0.1, 0.15) is 0 Å². The van der Waals surface area contributed by atoms with Crippen molar-refractivity contribution in [1.29, 1.82) is 0 Å². The lowest BCUT2D eigenvalue weighted by Gasteiger charge is -2.25. The molecule has 0 amide bonds. The molecule has 0 unspecified atom stereocenters. The highest BCUT2D eigenvalue weighted by Crippen LogP contribution is 2.42. The summed E-state index contributed by atoms with van der Waals surface area (Å²) >= 11 is 0. The Bertz CT molecular complexity index is 525. The third-order valence-electron chi connectivity index (χ3n) is 1.46. The molecule has 0 saturated carbocycles. The van der Waals surface area contributed by atoms with Crippen LogP contribution in [0.3, 0.4) is 0 Å². The molecule has 0 aliphatic rings. The van der Waals surface area contributed by atoms with Gasteiger partial charge in [0.2, 0.25) is 0 Å². The number of nitrogens with one attached hydrogen (secondary N) is 1. The lowest BCUT2D eigenvalue weighted by Crippen LogP contribution is -2.56. The zero-order valence-electron chi connectivity index (χ0n) is 8.13. The van der Waals surface area contributed by atoms with Crippen LogP contribution < -0.4 is 4.13 Å². The van der Waals surface area contributed by atoms with E-state index < -0.39 is 47.5 Å². The van der Waals surface area contributed by atoms with Crippen molar-refractivity contribution in [3.05, 3.63) is 0 Å². The highest BCUT2D eigenvalue weighted by molar-refractivity contribution is 8.05. The van der Waals surface area contributed by atoms with Crippen LogP contribution in [0.15, 0.2) is 0 Å². The molecule has 0 rings (SSSR count). The first kappa shape index (κ1) is 18.3. The molecule has 0 saturated heterocycles. The molecule has 116 valence electrons. The van der Waals surface area contributed by atoms with E-state index >= 15 is 0 Å². The maximum atomic E-state index is 12.6. The van der Waals surface area contributed by atoms with Crippen LogP contribution in [-0.4, -0.2) is 40.2 Å². The smallest absolute Gasteiger partial charge is 0.205 e. The first-order valence-electron chi connectivity index (χ1n) is 3.68. The second-order valence-electron chi connectivity index (χ2n) is 2.83. The molecule has 0 aromatic carbocycles. The Morgan fingerprint density at radius 2 is 1.21 bits per heavy atom. The van der Waals surface area contributed by atoms with Gasteiger partial charge < -0.3 is 0 Å². The lowest BCUT2D eigenvalue weighted by atomic mass is 10.4. The first-order valence-corrected chi connectivity index (χ1v) is 6.71. The Morgan fingerprint density at radius 3 is 1.47 bits per heavy atom. The van der Waals surface area contributed by atoms with Crippen LogP contribution in [0, 0.1) is 0 Å². The van der Waals surface area contributed by atoms with Gasteiger partial charge in [-0.05, 0) is 0 Å². The van der Waals surface area contributed by atoms with Crippen molar-refractivity contribution in [2.75, 3.05) is 0 Å². The summed E-state index contributed by atoms with van der Waals surface area (Å²) in [6, 6.07) is 0. The van der Waals surface area contributed by atoms with Gasteiger partial charge in [-0.15, -0.1) is 0 Å². The Morgan fingerprint density at radius 1 is 0.842 bits per heavy atom. The number of alkyl halides is 8. The van der Waals surface area contributed by atoms with Crippen molar-refractivity contribution < 1.29 is 52.0 Å². The Kier molecular flexibility index (Phi) is 4.82. The zero-order chi connectivity index (χ0) is 15.9. The Hall–Kier alpha value is -0.700. The van der Waals surface area contributed by atoms with Gasteiger partial charge in [0.05, 0.1) is 0 Å². The molecule has 0 aromatic heterocycles. The van der Waals surface area contributed by atoms with Gasteiger partial charge in [-0.3, -0.25) is 0 Å². The number of halogens is 8. The predicted octanol–water partition coefficient (Wildman–Crippen LogP) is 0.951. The lowest BCUT2D eigenvalue weighted by molar-refractivity contribution is -0.225. The molecule has 0 aromatic rings. The monoisotopic (exact) mass is 345 g/mol. The maximum Gasteiger partial charge on any atom is 0.427 e. The molecule has 0 radical (unpaired) electrons. The van der Waals surface area contributed by atoms with Crippen molar-refractivity contribution in [2.24, 2.45) is 0 Å². The van der Waals surface area contributed by atoms with Gasteiger partial charge in [-0.2, -0.15) is 26.3 Å². The summed E-state index contributed by atoms with van der Waals surface area (Å²) in [5.74, 6) is -11.0. The first-order chi connectivity index (χ1) is 8.09. The Balaban J connectivity index is 5.70. The van der Waals surface area contributed by atoms with Crippen molar-refractivity contribution >= 4 is 20.0 Å². The fraction of sp³-hybridized carbons (Fsp3) is 1.00. The van der Waals surface area contributed by atoms with Gasteiger partial charge in [0.25, 0.3) is 20.0 Å². The fourth-order valence-electron chi connectivity index (χ4n) is 0.548. The molecule has 0 bridgehead atoms. The molecule has 0 aliphatic carbocycles. The number of rotatable bonds is 6. The largest absolute Gasteiger partial charge is 0.427 e. The van der Waals surface area contributed by atoms with E-state index in [1.54, 1.807) is 0 Å². The zero-order valence-corrected chi connectivity index (χ0v) is 9.76. The van der Waals surface area contributed by atoms with Gasteiger partial charge in [-0.1, -0.05) is 4.13 Å². The van der Waals surface area contributed by atoms with Crippen LogP contribution in [0.25, 0.3) is 0 Å². The van der Waals surface area contributed by atoms with E-state index in [0.29, 0.717) is 0 Å². The maximum absolute atomic E-state index is 12.6. The SMILES string of the molecule is O=S(=O)(NS(=O)(=O)C(F)(F)C(F)(F)C(F)F)C(F)F. The van der Waals surface area contributed by atoms with Gasteiger partial charge in [0.1, 0.15) is 0 Å². The molecular formula is C4H3F8NO4S2. The van der Waals surface area contributed by atoms with Gasteiger partial charge in [-0.25, -0.2) is 25.6 Å². The van der Waals surface area contributed by atoms with E-state index in [0.717, 1.165) is 0 Å². The van der Waals surface area contributed by atoms with E-state index in [2.05, 4.69) is 0 Å². The van der Waals surface area contributed by atoms with E-state index in [1.807, 2.05) is 0 Å². The molecule has 0 fully saturated rings. The van der Waals surface area contributed by atoms with E-state index in [4.69, 9.17) is 0 Å². The topological polar surface area (TPSA) is 80.3 Å². The minimum absolute atomic E-state index is 0.436. The summed E-state index contributed by atoms with van der Waals surface area (Å²) in [4.78, 5) is 0. The van der Waals surface area contributed by atoms with Crippen LogP contribution in [0.2, 0.25) is 0 Å². The standard InChI is InChI=1S/C4H3F8NO4S2/c5-1(6)3(9,10)4(11,12)19(16,17)13-18(14,15)2(7)8/h1-2,13H. The molecule has 0 heterocycles. The quantitative estimate of drug-likeness (QED) is 0.727. The number of sulfonamides is 2. The molecule has 15 heteroatoms. The van der Waals surface area contributed by atoms with Crippen molar-refractivity contribution in [3.63, 3.8) is 0 Å². The summed E-state index contributed by atoms with van der Waals surface area (Å²) in [5, 5.41) is -6.63. The number of hydrogen-bond donors (Lipinski definition) is 1. The molecule has 1 N–H and O–H groups in total. The third-order valence-corrected chi connectivity index (χ3v) is 4.68. The Labute approximate surface area is 100 Å². The average Bonchev–Trinajstić information content (AvgIpc) is 2.14. The van der Waals surface area contributed by atoms with Gasteiger partial charge >= 0.3 is 23.4 Å². The normalized spacial score (nSPS) is 15.3. The minimum Gasteiger partial charge on any atom is -0.205 e. The number of hydrogen-bond acceptors (Lipinski definition) is 4. The second kappa shape index (κ2) is 5.01. The summed E-state index contributed by atoms with van der Waals surface area (Å²) in [5.41, 5.74) is 0. The summed E-state index contributed by atoms with van der Waals surface area (Å²) < 4.78 is 138. The van der Waals surface area contributed by atoms with Gasteiger partial charge in [0.15, 0.2) is 0 Å². The molecule has 0 atom stereocenters. The summed E-state index contributed by atoms with van der Waals surface area (Å²) in [6.07, 6.45) is -5.19. The third kappa shape index (κ3) is 3.25. The average molecular weight is 345 g/mol. The van der Waals surface area contributed by atoms with E-state index in [1.165, 1.54) is 0 Å². The molecule has 0 spiro atoms. The molecule has 19 heavy (non-hydrogen) atoms. The highest BCUT2D eigenvalue weighted by Gasteiger charge is 2.71. The van der Waals surface area contributed by atoms with E-state index in [-0.39, 0.29) is 0 Å². The predicted molar refractivity (Wildman–Crippen MR) is 42.9 cm³/mol. The molecule has 5 nitrogen and oxygen atoms in total. The van der Waals surface area contributed by atoms with Crippen LogP contribution in [0.4, 0.5) is 35.1 Å². The molecule has 0 aliphatic heterocycles. The van der Waals surface area contributed by atoms with Crippen LogP contribution >= 0.6 is 0 Å². The second-order valence-corrected chi connectivity index (χ2v) is 6.47.